The van der Waals surface area contributed by atoms with Gasteiger partial charge in [-0.2, -0.15) is 0 Å². The first-order valence-corrected chi connectivity index (χ1v) is 10.9. The van der Waals surface area contributed by atoms with Gasteiger partial charge in [0.25, 0.3) is 0 Å². The third kappa shape index (κ3) is 6.39. The summed E-state index contributed by atoms with van der Waals surface area (Å²) in [4.78, 5) is 24.7. The molecule has 4 N–H and O–H groups in total. The van der Waals surface area contributed by atoms with E-state index in [4.69, 9.17) is 0 Å². The van der Waals surface area contributed by atoms with Crippen molar-refractivity contribution in [2.45, 2.75) is 46.1 Å². The maximum absolute atomic E-state index is 13.8. The first kappa shape index (κ1) is 25.3. The van der Waals surface area contributed by atoms with Crippen LogP contribution in [0.4, 0.5) is 38.5 Å². The van der Waals surface area contributed by atoms with Crippen LogP contribution in [-0.2, 0) is 0 Å². The molecule has 1 aliphatic carbocycles. The van der Waals surface area contributed by atoms with Crippen LogP contribution in [0.3, 0.4) is 0 Å². The molecule has 2 unspecified atom stereocenters. The average Bonchev–Trinajstić information content (AvgIpc) is 2.71. The van der Waals surface area contributed by atoms with Crippen LogP contribution in [0.15, 0.2) is 36.4 Å². The maximum Gasteiger partial charge on any atom is 0.319 e. The van der Waals surface area contributed by atoms with E-state index in [1.165, 1.54) is 12.1 Å². The summed E-state index contributed by atoms with van der Waals surface area (Å²) in [5.74, 6) is -3.54. The van der Waals surface area contributed by atoms with Gasteiger partial charge < -0.3 is 21.3 Å². The van der Waals surface area contributed by atoms with E-state index in [1.54, 1.807) is 0 Å². The number of halogens is 4. The Labute approximate surface area is 195 Å². The van der Waals surface area contributed by atoms with Crippen molar-refractivity contribution in [3.05, 3.63) is 59.7 Å². The Morgan fingerprint density at radius 1 is 0.824 bits per heavy atom. The van der Waals surface area contributed by atoms with Crippen LogP contribution >= 0.6 is 0 Å². The lowest BCUT2D eigenvalue weighted by molar-refractivity contribution is 0.0761. The highest BCUT2D eigenvalue weighted by molar-refractivity contribution is 5.90. The first-order chi connectivity index (χ1) is 15.9. The van der Waals surface area contributed by atoms with Crippen molar-refractivity contribution in [3.63, 3.8) is 0 Å². The van der Waals surface area contributed by atoms with Crippen LogP contribution in [0.5, 0.6) is 0 Å². The monoisotopic (exact) mass is 480 g/mol. The molecule has 4 amide bonds. The number of urea groups is 2. The van der Waals surface area contributed by atoms with Gasteiger partial charge in [0.05, 0.1) is 0 Å². The molecule has 2 aromatic carbocycles. The van der Waals surface area contributed by atoms with Crippen molar-refractivity contribution < 1.29 is 27.2 Å². The Morgan fingerprint density at radius 3 is 1.79 bits per heavy atom. The van der Waals surface area contributed by atoms with Gasteiger partial charge in [-0.15, -0.1) is 0 Å². The molecular weight excluding hydrogens is 452 g/mol. The molecule has 10 heteroatoms. The van der Waals surface area contributed by atoms with Gasteiger partial charge in [-0.05, 0) is 54.4 Å². The lowest BCUT2D eigenvalue weighted by Gasteiger charge is -2.46. The first-order valence-electron chi connectivity index (χ1n) is 10.9. The van der Waals surface area contributed by atoms with Crippen molar-refractivity contribution in [2.75, 3.05) is 17.2 Å². The number of carbonyl (C=O) groups is 2. The molecule has 184 valence electrons. The van der Waals surface area contributed by atoms with Crippen molar-refractivity contribution in [1.82, 2.24) is 10.6 Å². The number of hydrogen-bond donors (Lipinski definition) is 4. The number of anilines is 2. The zero-order valence-corrected chi connectivity index (χ0v) is 19.2. The molecule has 3 rings (SSSR count). The molecule has 1 saturated carbocycles. The second-order valence-electron chi connectivity index (χ2n) is 9.86. The largest absolute Gasteiger partial charge is 0.337 e. The second-order valence-corrected chi connectivity index (χ2v) is 9.86. The highest BCUT2D eigenvalue weighted by Crippen LogP contribution is 2.45. The molecule has 0 bridgehead atoms. The van der Waals surface area contributed by atoms with Crippen LogP contribution in [0.1, 0.15) is 40.0 Å². The fourth-order valence-corrected chi connectivity index (χ4v) is 4.89. The quantitative estimate of drug-likeness (QED) is 0.410. The molecule has 0 heterocycles. The van der Waals surface area contributed by atoms with Gasteiger partial charge in [-0.25, -0.2) is 27.2 Å². The average molecular weight is 481 g/mol. The molecule has 34 heavy (non-hydrogen) atoms. The zero-order valence-electron chi connectivity index (χ0n) is 19.2. The van der Waals surface area contributed by atoms with Crippen LogP contribution in [-0.4, -0.2) is 24.6 Å². The normalized spacial score (nSPS) is 21.4. The summed E-state index contributed by atoms with van der Waals surface area (Å²) >= 11 is 0. The van der Waals surface area contributed by atoms with Crippen molar-refractivity contribution in [2.24, 2.45) is 10.8 Å². The molecule has 0 aromatic heterocycles. The lowest BCUT2D eigenvalue weighted by Crippen LogP contribution is -2.51. The third-order valence-corrected chi connectivity index (χ3v) is 5.86. The molecule has 0 radical (unpaired) electrons. The minimum Gasteiger partial charge on any atom is -0.337 e. The van der Waals surface area contributed by atoms with E-state index < -0.39 is 52.1 Å². The number of carbonyl (C=O) groups excluding carboxylic acids is 2. The van der Waals surface area contributed by atoms with Crippen LogP contribution in [0.2, 0.25) is 0 Å². The predicted molar refractivity (Wildman–Crippen MR) is 121 cm³/mol. The molecule has 6 nitrogen and oxygen atoms in total. The van der Waals surface area contributed by atoms with Crippen LogP contribution in [0.25, 0.3) is 0 Å². The summed E-state index contributed by atoms with van der Waals surface area (Å²) in [6.45, 7) is 6.14. The van der Waals surface area contributed by atoms with E-state index in [1.807, 2.05) is 20.8 Å². The van der Waals surface area contributed by atoms with Crippen molar-refractivity contribution in [3.8, 4) is 0 Å². The lowest BCUT2D eigenvalue weighted by atomic mass is 9.62. The van der Waals surface area contributed by atoms with Gasteiger partial charge in [0.2, 0.25) is 0 Å². The predicted octanol–water partition coefficient (Wildman–Crippen LogP) is 5.77. The Balaban J connectivity index is 1.62. The Kier molecular flexibility index (Phi) is 7.38. The fraction of sp³-hybridized carbons (Fsp3) is 0.417. The molecule has 0 saturated heterocycles. The minimum atomic E-state index is -0.887. The van der Waals surface area contributed by atoms with E-state index in [0.29, 0.717) is 19.3 Å². The van der Waals surface area contributed by atoms with Gasteiger partial charge in [-0.3, -0.25) is 0 Å². The summed E-state index contributed by atoms with van der Waals surface area (Å²) in [6.07, 6.45) is 1.79. The molecule has 2 aromatic rings. The molecule has 1 aliphatic rings. The van der Waals surface area contributed by atoms with Crippen molar-refractivity contribution in [1.29, 1.82) is 0 Å². The number of benzene rings is 2. The summed E-state index contributed by atoms with van der Waals surface area (Å²) in [7, 11) is 0. The number of amides is 4. The van der Waals surface area contributed by atoms with E-state index >= 15 is 0 Å². The summed E-state index contributed by atoms with van der Waals surface area (Å²) in [6, 6.07) is 4.73. The standard InChI is InChI=1S/C24H28F4N4O2/c1-23(2)10-14(30-22(34)32-20-17(27)8-5-9-18(20)28)11-24(3,12-23)13-29-21(33)31-19-15(25)6-4-7-16(19)26/h4-9,14H,10-13H2,1-3H3,(H2,29,31,33)(H2,30,32,34). The Hall–Kier alpha value is -3.30. The maximum atomic E-state index is 13.8. The zero-order chi connectivity index (χ0) is 25.1. The highest BCUT2D eigenvalue weighted by Gasteiger charge is 2.42. The van der Waals surface area contributed by atoms with Gasteiger partial charge in [0.1, 0.15) is 34.6 Å². The molecular formula is C24H28F4N4O2. The topological polar surface area (TPSA) is 82.3 Å². The minimum absolute atomic E-state index is 0.181. The number of hydrogen-bond acceptors (Lipinski definition) is 2. The molecule has 0 aliphatic heterocycles. The van der Waals surface area contributed by atoms with Crippen LogP contribution < -0.4 is 21.3 Å². The Morgan fingerprint density at radius 2 is 1.29 bits per heavy atom. The number of rotatable bonds is 5. The van der Waals surface area contributed by atoms with Gasteiger partial charge in [0.15, 0.2) is 0 Å². The number of nitrogens with one attached hydrogen (secondary N) is 4. The highest BCUT2D eigenvalue weighted by atomic mass is 19.1. The SMILES string of the molecule is CC1(C)CC(NC(=O)Nc2c(F)cccc2F)CC(C)(CNC(=O)Nc2c(F)cccc2F)C1. The molecule has 0 spiro atoms. The van der Waals surface area contributed by atoms with E-state index in [9.17, 15) is 27.2 Å². The summed E-state index contributed by atoms with van der Waals surface area (Å²) in [5.41, 5.74) is -1.75. The van der Waals surface area contributed by atoms with E-state index in [0.717, 1.165) is 24.3 Å². The second kappa shape index (κ2) is 9.90. The number of para-hydroxylation sites is 2. The van der Waals surface area contributed by atoms with Gasteiger partial charge in [0, 0.05) is 12.6 Å². The third-order valence-electron chi connectivity index (χ3n) is 5.86. The smallest absolute Gasteiger partial charge is 0.319 e. The van der Waals surface area contributed by atoms with Crippen LogP contribution in [0, 0.1) is 34.1 Å². The summed E-state index contributed by atoms with van der Waals surface area (Å²) in [5, 5.41) is 9.82. The molecule has 1 fully saturated rings. The Bertz CT molecular complexity index is 1040. The van der Waals surface area contributed by atoms with E-state index in [-0.39, 0.29) is 18.0 Å². The van der Waals surface area contributed by atoms with Crippen molar-refractivity contribution >= 4 is 23.4 Å². The summed E-state index contributed by atoms with van der Waals surface area (Å²) < 4.78 is 55.3. The van der Waals surface area contributed by atoms with E-state index in [2.05, 4.69) is 21.3 Å². The van der Waals surface area contributed by atoms with Gasteiger partial charge in [-0.1, -0.05) is 32.9 Å². The molecule has 2 atom stereocenters. The fourth-order valence-electron chi connectivity index (χ4n) is 4.89. The van der Waals surface area contributed by atoms with Gasteiger partial charge >= 0.3 is 12.1 Å².